The Hall–Kier alpha value is -2.36. The van der Waals surface area contributed by atoms with Crippen molar-refractivity contribution in [1.29, 1.82) is 0 Å². The largest absolute Gasteiger partial charge is 0.480 e. The van der Waals surface area contributed by atoms with Crippen LogP contribution in [0.15, 0.2) is 27.9 Å². The Kier molecular flexibility index (Phi) is 8.89. The Morgan fingerprint density at radius 3 is 2.47 bits per heavy atom. The topological polar surface area (TPSA) is 99.1 Å². The maximum atomic E-state index is 13.6. The molecule has 1 saturated carbocycles. The molecule has 2 aliphatic rings. The monoisotopic (exact) mass is 477 g/mol. The van der Waals surface area contributed by atoms with Gasteiger partial charge in [-0.25, -0.2) is 14.5 Å². The van der Waals surface area contributed by atoms with Gasteiger partial charge in [-0.15, -0.1) is 0 Å². The number of urea groups is 1. The highest BCUT2D eigenvalue weighted by Crippen LogP contribution is 2.39. The summed E-state index contributed by atoms with van der Waals surface area (Å²) in [5, 5.41) is 12.0. The normalized spacial score (nSPS) is 24.0. The lowest BCUT2D eigenvalue weighted by Crippen LogP contribution is -2.68. The van der Waals surface area contributed by atoms with E-state index in [9.17, 15) is 32.7 Å². The molecule has 0 aromatic carbocycles. The molecule has 0 radical (unpaired) electrons. The van der Waals surface area contributed by atoms with Gasteiger partial charge in [-0.3, -0.25) is 9.79 Å². The van der Waals surface area contributed by atoms with E-state index in [0.29, 0.717) is 41.2 Å². The van der Waals surface area contributed by atoms with Gasteiger partial charge in [0.15, 0.2) is 6.04 Å². The number of rotatable bonds is 8. The predicted octanol–water partition coefficient (Wildman–Crippen LogP) is 4.48. The van der Waals surface area contributed by atoms with Crippen LogP contribution in [0.2, 0.25) is 0 Å². The minimum Gasteiger partial charge on any atom is -0.480 e. The number of allylic oxidation sites excluding steroid dienone is 3. The van der Waals surface area contributed by atoms with Crippen molar-refractivity contribution in [2.24, 2.45) is 22.7 Å². The van der Waals surface area contributed by atoms with Crippen LogP contribution in [0.1, 0.15) is 45.4 Å². The van der Waals surface area contributed by atoms with Crippen LogP contribution in [0.25, 0.3) is 0 Å². The van der Waals surface area contributed by atoms with Gasteiger partial charge >= 0.3 is 18.2 Å². The molecule has 1 saturated heterocycles. The SMILES string of the molecule is C=N/C=C(\C=C(/C)Cl)C[C@H]1C(=O)N(C(=O)NC[C@@H](C2CCCCC2)C(F)(F)F)[C@@H]1C(=O)O. The summed E-state index contributed by atoms with van der Waals surface area (Å²) < 4.78 is 40.7. The average Bonchev–Trinajstić information content (AvgIpc) is 2.69. The van der Waals surface area contributed by atoms with Crippen molar-refractivity contribution in [3.63, 3.8) is 0 Å². The van der Waals surface area contributed by atoms with E-state index < -0.39 is 54.4 Å². The number of nitrogens with one attached hydrogen (secondary N) is 1. The molecule has 1 aliphatic carbocycles. The van der Waals surface area contributed by atoms with Gasteiger partial charge < -0.3 is 10.4 Å². The van der Waals surface area contributed by atoms with Crippen molar-refractivity contribution >= 4 is 36.2 Å². The molecule has 0 spiro atoms. The Morgan fingerprint density at radius 2 is 1.97 bits per heavy atom. The van der Waals surface area contributed by atoms with Crippen LogP contribution in [0.3, 0.4) is 0 Å². The van der Waals surface area contributed by atoms with Crippen LogP contribution in [0.4, 0.5) is 18.0 Å². The summed E-state index contributed by atoms with van der Waals surface area (Å²) in [5.41, 5.74) is 0.437. The van der Waals surface area contributed by atoms with Gasteiger partial charge in [0.1, 0.15) is 0 Å². The summed E-state index contributed by atoms with van der Waals surface area (Å²) in [6.45, 7) is 4.19. The van der Waals surface area contributed by atoms with Gasteiger partial charge in [-0.05, 0) is 50.5 Å². The molecule has 2 rings (SSSR count). The number of β-lactam (4-membered cyclic amide) rings is 1. The van der Waals surface area contributed by atoms with Crippen molar-refractivity contribution in [1.82, 2.24) is 10.2 Å². The lowest BCUT2D eigenvalue weighted by molar-refractivity contribution is -0.189. The van der Waals surface area contributed by atoms with E-state index in [1.54, 1.807) is 6.92 Å². The molecule has 1 heterocycles. The van der Waals surface area contributed by atoms with E-state index >= 15 is 0 Å². The van der Waals surface area contributed by atoms with Gasteiger partial charge in [-0.1, -0.05) is 30.9 Å². The summed E-state index contributed by atoms with van der Waals surface area (Å²) >= 11 is 5.83. The number of carboxylic acid groups (broad SMARTS) is 1. The van der Waals surface area contributed by atoms with Gasteiger partial charge in [0, 0.05) is 17.8 Å². The highest BCUT2D eigenvalue weighted by Gasteiger charge is 2.55. The lowest BCUT2D eigenvalue weighted by Gasteiger charge is -2.43. The molecule has 3 amide bonds. The lowest BCUT2D eigenvalue weighted by atomic mass is 9.79. The number of amides is 3. The number of alkyl halides is 3. The Balaban J connectivity index is 2.09. The number of hydrogen-bond acceptors (Lipinski definition) is 4. The van der Waals surface area contributed by atoms with Crippen molar-refractivity contribution in [2.75, 3.05) is 6.54 Å². The molecule has 1 aliphatic heterocycles. The zero-order chi connectivity index (χ0) is 24.1. The molecule has 3 atom stereocenters. The molecule has 2 N–H and O–H groups in total. The second kappa shape index (κ2) is 11.0. The minimum absolute atomic E-state index is 0.0596. The van der Waals surface area contributed by atoms with Crippen LogP contribution in [0.5, 0.6) is 0 Å². The van der Waals surface area contributed by atoms with Gasteiger partial charge in [0.25, 0.3) is 0 Å². The van der Waals surface area contributed by atoms with Gasteiger partial charge in [0.05, 0.1) is 11.8 Å². The summed E-state index contributed by atoms with van der Waals surface area (Å²) in [5.74, 6) is -5.64. The van der Waals surface area contributed by atoms with Crippen molar-refractivity contribution in [3.05, 3.63) is 22.9 Å². The molecule has 178 valence electrons. The summed E-state index contributed by atoms with van der Waals surface area (Å²) in [7, 11) is 0. The third-order valence-corrected chi connectivity index (χ3v) is 6.00. The molecule has 0 unspecified atom stereocenters. The fraction of sp³-hybridized carbons (Fsp3) is 0.619. The van der Waals surface area contributed by atoms with Crippen LogP contribution >= 0.6 is 11.6 Å². The second-order valence-electron chi connectivity index (χ2n) is 8.15. The molecule has 32 heavy (non-hydrogen) atoms. The zero-order valence-electron chi connectivity index (χ0n) is 17.7. The number of nitrogens with zero attached hydrogens (tertiary/aromatic N) is 2. The first-order valence-electron chi connectivity index (χ1n) is 10.4. The number of carbonyl (C=O) groups excluding carboxylic acids is 2. The van der Waals surface area contributed by atoms with Gasteiger partial charge in [-0.2, -0.15) is 13.2 Å². The summed E-state index contributed by atoms with van der Waals surface area (Å²) in [4.78, 5) is 40.8. The molecule has 0 aromatic rings. The van der Waals surface area contributed by atoms with Crippen LogP contribution in [0, 0.1) is 17.8 Å². The summed E-state index contributed by atoms with van der Waals surface area (Å²) in [6, 6.07) is -2.64. The third-order valence-electron chi connectivity index (χ3n) is 5.90. The van der Waals surface area contributed by atoms with Crippen LogP contribution < -0.4 is 5.32 Å². The van der Waals surface area contributed by atoms with Crippen LogP contribution in [-0.2, 0) is 9.59 Å². The standard InChI is InChI=1S/C21H27ClF3N3O4/c1-12(22)8-13(10-26-2)9-15-17(19(30)31)28(18(15)29)20(32)27-11-16(21(23,24)25)14-6-4-3-5-7-14/h8,10,14-17H,2-7,9,11H2,1H3,(H,27,32)(H,30,31)/b12-8+,13-10+/t15-,16+,17+/m1/s1. The summed E-state index contributed by atoms with van der Waals surface area (Å²) in [6.07, 6.45) is 1.36. The predicted molar refractivity (Wildman–Crippen MR) is 113 cm³/mol. The zero-order valence-corrected chi connectivity index (χ0v) is 18.5. The smallest absolute Gasteiger partial charge is 0.393 e. The fourth-order valence-corrected chi connectivity index (χ4v) is 4.54. The highest BCUT2D eigenvalue weighted by atomic mass is 35.5. The van der Waals surface area contributed by atoms with E-state index in [1.165, 1.54) is 12.3 Å². The first kappa shape index (κ1) is 25.9. The molecule has 2 fully saturated rings. The molecule has 7 nitrogen and oxygen atoms in total. The number of carbonyl (C=O) groups is 3. The average molecular weight is 478 g/mol. The number of imide groups is 1. The van der Waals surface area contributed by atoms with Crippen molar-refractivity contribution in [2.45, 2.75) is 57.7 Å². The number of hydrogen-bond donors (Lipinski definition) is 2. The van der Waals surface area contributed by atoms with Crippen molar-refractivity contribution < 1.29 is 32.7 Å². The van der Waals surface area contributed by atoms with E-state index in [0.717, 1.165) is 6.42 Å². The number of halogens is 4. The first-order valence-corrected chi connectivity index (χ1v) is 10.7. The highest BCUT2D eigenvalue weighted by molar-refractivity contribution is 6.29. The Bertz CT molecular complexity index is 803. The maximum Gasteiger partial charge on any atom is 0.393 e. The number of likely N-dealkylation sites (tertiary alicyclic amines) is 1. The number of aliphatic carboxylic acids is 1. The number of carboxylic acids is 1. The van der Waals surface area contributed by atoms with Crippen LogP contribution in [-0.4, -0.2) is 53.4 Å². The third kappa shape index (κ3) is 6.34. The van der Waals surface area contributed by atoms with E-state index in [1.807, 2.05) is 0 Å². The first-order chi connectivity index (χ1) is 15.0. The molecule has 0 aromatic heterocycles. The molecule has 11 heteroatoms. The number of aliphatic imine (C=N–C) groups is 1. The van der Waals surface area contributed by atoms with Gasteiger partial charge in [0.2, 0.25) is 5.91 Å². The van der Waals surface area contributed by atoms with E-state index in [2.05, 4.69) is 17.0 Å². The second-order valence-corrected chi connectivity index (χ2v) is 8.75. The molecule has 0 bridgehead atoms. The molecular weight excluding hydrogens is 451 g/mol. The minimum atomic E-state index is -4.51. The van der Waals surface area contributed by atoms with E-state index in [-0.39, 0.29) is 6.42 Å². The maximum absolute atomic E-state index is 13.6. The van der Waals surface area contributed by atoms with E-state index in [4.69, 9.17) is 11.6 Å². The quantitative estimate of drug-likeness (QED) is 0.306. The fourth-order valence-electron chi connectivity index (χ4n) is 4.40. The Labute approximate surface area is 189 Å². The molecular formula is C21H27ClF3N3O4. The Morgan fingerprint density at radius 1 is 1.34 bits per heavy atom. The van der Waals surface area contributed by atoms with Crippen molar-refractivity contribution in [3.8, 4) is 0 Å².